The number of carbonyl (C=O) groups excluding carboxylic acids is 2. The van der Waals surface area contributed by atoms with Crippen LogP contribution in [-0.4, -0.2) is 25.1 Å². The van der Waals surface area contributed by atoms with E-state index in [1.54, 1.807) is 25.1 Å². The Morgan fingerprint density at radius 1 is 1.40 bits per heavy atom. The van der Waals surface area contributed by atoms with Crippen LogP contribution in [0, 0.1) is 0 Å². The highest BCUT2D eigenvalue weighted by Gasteiger charge is 2.26. The smallest absolute Gasteiger partial charge is 0.415 e. The average Bonchev–Trinajstić information content (AvgIpc) is 2.98. The van der Waals surface area contributed by atoms with Crippen LogP contribution in [-0.2, 0) is 14.3 Å². The first kappa shape index (κ1) is 12.3. The molecule has 1 unspecified atom stereocenters. The predicted octanol–water partition coefficient (Wildman–Crippen LogP) is 1.79. The van der Waals surface area contributed by atoms with Crippen LogP contribution in [0.4, 0.5) is 10.5 Å². The molecule has 0 aromatic heterocycles. The third-order valence-electron chi connectivity index (χ3n) is 2.79. The molecule has 7 nitrogen and oxygen atoms in total. The number of nitrogens with one attached hydrogen (secondary N) is 1. The van der Waals surface area contributed by atoms with Gasteiger partial charge in [-0.2, -0.15) is 0 Å². The van der Waals surface area contributed by atoms with Gasteiger partial charge >= 0.3 is 12.1 Å². The zero-order chi connectivity index (χ0) is 14.1. The van der Waals surface area contributed by atoms with Gasteiger partial charge in [0.15, 0.2) is 11.5 Å². The van der Waals surface area contributed by atoms with Crippen LogP contribution in [0.25, 0.3) is 0 Å². The van der Waals surface area contributed by atoms with E-state index in [1.807, 2.05) is 0 Å². The first-order chi connectivity index (χ1) is 9.63. The van der Waals surface area contributed by atoms with Crippen molar-refractivity contribution in [1.82, 2.24) is 0 Å². The maximum absolute atomic E-state index is 11.7. The summed E-state index contributed by atoms with van der Waals surface area (Å²) in [7, 11) is 0. The van der Waals surface area contributed by atoms with Crippen molar-refractivity contribution in [3.63, 3.8) is 0 Å². The van der Waals surface area contributed by atoms with E-state index in [0.717, 1.165) is 0 Å². The Bertz CT molecular complexity index is 609. The van der Waals surface area contributed by atoms with E-state index < -0.39 is 18.4 Å². The lowest BCUT2D eigenvalue weighted by molar-refractivity contribution is -0.150. The lowest BCUT2D eigenvalue weighted by Crippen LogP contribution is -2.22. The minimum atomic E-state index is -1.00. The largest absolute Gasteiger partial charge is 0.454 e. The number of anilines is 1. The van der Waals surface area contributed by atoms with Crippen molar-refractivity contribution in [3.05, 3.63) is 29.8 Å². The second-order valence-electron chi connectivity index (χ2n) is 4.19. The SMILES string of the molecule is CC1=CC(OC(=O)Nc2cccc3c2OCO3)OC1=O. The van der Waals surface area contributed by atoms with Crippen LogP contribution in [0.15, 0.2) is 29.8 Å². The fourth-order valence-corrected chi connectivity index (χ4v) is 1.84. The summed E-state index contributed by atoms with van der Waals surface area (Å²) in [6, 6.07) is 5.09. The first-order valence-corrected chi connectivity index (χ1v) is 5.89. The van der Waals surface area contributed by atoms with Gasteiger partial charge in [0.05, 0.1) is 5.69 Å². The lowest BCUT2D eigenvalue weighted by atomic mass is 10.3. The Balaban J connectivity index is 1.66. The zero-order valence-corrected chi connectivity index (χ0v) is 10.5. The molecule has 1 aromatic rings. The van der Waals surface area contributed by atoms with Gasteiger partial charge in [0, 0.05) is 11.6 Å². The summed E-state index contributed by atoms with van der Waals surface area (Å²) in [5, 5.41) is 2.51. The topological polar surface area (TPSA) is 83.1 Å². The van der Waals surface area contributed by atoms with Gasteiger partial charge in [-0.3, -0.25) is 5.32 Å². The summed E-state index contributed by atoms with van der Waals surface area (Å²) in [5.74, 6) is 0.491. The maximum atomic E-state index is 11.7. The molecule has 0 spiro atoms. The number of benzene rings is 1. The number of ether oxygens (including phenoxy) is 4. The number of esters is 1. The van der Waals surface area contributed by atoms with Crippen LogP contribution < -0.4 is 14.8 Å². The average molecular weight is 277 g/mol. The molecule has 2 aliphatic rings. The van der Waals surface area contributed by atoms with Crippen molar-refractivity contribution in [1.29, 1.82) is 0 Å². The van der Waals surface area contributed by atoms with Crippen molar-refractivity contribution in [3.8, 4) is 11.5 Å². The minimum Gasteiger partial charge on any atom is -0.454 e. The summed E-state index contributed by atoms with van der Waals surface area (Å²) < 4.78 is 20.2. The van der Waals surface area contributed by atoms with Gasteiger partial charge in [-0.05, 0) is 19.1 Å². The number of hydrogen-bond acceptors (Lipinski definition) is 6. The molecule has 0 saturated heterocycles. The summed E-state index contributed by atoms with van der Waals surface area (Å²) in [6.07, 6.45) is -0.328. The van der Waals surface area contributed by atoms with Gasteiger partial charge in [0.25, 0.3) is 6.29 Å². The minimum absolute atomic E-state index is 0.102. The van der Waals surface area contributed by atoms with Crippen LogP contribution in [0.2, 0.25) is 0 Å². The molecule has 20 heavy (non-hydrogen) atoms. The zero-order valence-electron chi connectivity index (χ0n) is 10.5. The molecule has 7 heteroatoms. The van der Waals surface area contributed by atoms with Gasteiger partial charge in [-0.15, -0.1) is 0 Å². The van der Waals surface area contributed by atoms with Crippen molar-refractivity contribution in [2.45, 2.75) is 13.2 Å². The van der Waals surface area contributed by atoms with Crippen LogP contribution in [0.1, 0.15) is 6.92 Å². The number of hydrogen-bond donors (Lipinski definition) is 1. The van der Waals surface area contributed by atoms with E-state index in [2.05, 4.69) is 5.32 Å². The predicted molar refractivity (Wildman–Crippen MR) is 66.3 cm³/mol. The van der Waals surface area contributed by atoms with Gasteiger partial charge in [-0.25, -0.2) is 9.59 Å². The molecule has 1 amide bonds. The summed E-state index contributed by atoms with van der Waals surface area (Å²) in [4.78, 5) is 22.9. The van der Waals surface area contributed by atoms with Gasteiger partial charge in [0.1, 0.15) is 0 Å². The second-order valence-corrected chi connectivity index (χ2v) is 4.19. The van der Waals surface area contributed by atoms with Crippen LogP contribution >= 0.6 is 0 Å². The van der Waals surface area contributed by atoms with Gasteiger partial charge < -0.3 is 18.9 Å². The lowest BCUT2D eigenvalue weighted by Gasteiger charge is -2.11. The fourth-order valence-electron chi connectivity index (χ4n) is 1.84. The van der Waals surface area contributed by atoms with Crippen molar-refractivity contribution >= 4 is 17.7 Å². The third kappa shape index (κ3) is 2.25. The molecule has 0 saturated carbocycles. The summed E-state index contributed by atoms with van der Waals surface area (Å²) in [5.41, 5.74) is 0.829. The van der Waals surface area contributed by atoms with Gasteiger partial charge in [0.2, 0.25) is 6.79 Å². The Morgan fingerprint density at radius 3 is 3.00 bits per heavy atom. The van der Waals surface area contributed by atoms with Crippen molar-refractivity contribution in [2.75, 3.05) is 12.1 Å². The molecule has 1 aromatic carbocycles. The molecule has 2 heterocycles. The molecule has 0 aliphatic carbocycles. The first-order valence-electron chi connectivity index (χ1n) is 5.89. The molecule has 1 atom stereocenters. The Kier molecular flexibility index (Phi) is 2.94. The summed E-state index contributed by atoms with van der Waals surface area (Å²) in [6.45, 7) is 1.68. The third-order valence-corrected chi connectivity index (χ3v) is 2.79. The number of para-hydroxylation sites is 1. The fraction of sp³-hybridized carbons (Fsp3) is 0.231. The molecule has 104 valence electrons. The number of fused-ring (bicyclic) bond motifs is 1. The normalized spacial score (nSPS) is 19.4. The number of rotatable bonds is 2. The number of carbonyl (C=O) groups is 2. The molecule has 2 aliphatic heterocycles. The highest BCUT2D eigenvalue weighted by atomic mass is 16.7. The summed E-state index contributed by atoms with van der Waals surface area (Å²) >= 11 is 0. The maximum Gasteiger partial charge on any atom is 0.415 e. The van der Waals surface area contributed by atoms with E-state index in [9.17, 15) is 9.59 Å². The number of amides is 1. The van der Waals surface area contributed by atoms with Crippen LogP contribution in [0.5, 0.6) is 11.5 Å². The monoisotopic (exact) mass is 277 g/mol. The number of cyclic esters (lactones) is 1. The highest BCUT2D eigenvalue weighted by molar-refractivity contribution is 5.91. The quantitative estimate of drug-likeness (QED) is 0.830. The van der Waals surface area contributed by atoms with E-state index in [4.69, 9.17) is 18.9 Å². The van der Waals surface area contributed by atoms with E-state index >= 15 is 0 Å². The standard InChI is InChI=1S/C13H11NO6/c1-7-5-10(19-12(7)15)20-13(16)14-8-3-2-4-9-11(8)18-6-17-9/h2-5,10H,6H2,1H3,(H,14,16). The van der Waals surface area contributed by atoms with E-state index in [0.29, 0.717) is 22.8 Å². The van der Waals surface area contributed by atoms with E-state index in [-0.39, 0.29) is 6.79 Å². The Morgan fingerprint density at radius 2 is 2.25 bits per heavy atom. The molecular weight excluding hydrogens is 266 g/mol. The molecule has 0 fully saturated rings. The highest BCUT2D eigenvalue weighted by Crippen LogP contribution is 2.38. The molecular formula is C13H11NO6. The molecule has 0 bridgehead atoms. The molecule has 1 N–H and O–H groups in total. The Labute approximate surface area is 114 Å². The van der Waals surface area contributed by atoms with Crippen molar-refractivity contribution in [2.24, 2.45) is 0 Å². The molecule has 0 radical (unpaired) electrons. The van der Waals surface area contributed by atoms with Gasteiger partial charge in [-0.1, -0.05) is 6.07 Å². The van der Waals surface area contributed by atoms with Crippen LogP contribution in [0.3, 0.4) is 0 Å². The molecule has 3 rings (SSSR count). The second kappa shape index (κ2) is 4.76. The van der Waals surface area contributed by atoms with E-state index in [1.165, 1.54) is 6.08 Å². The Hall–Kier alpha value is -2.70. The van der Waals surface area contributed by atoms with Crippen molar-refractivity contribution < 1.29 is 28.5 Å².